The van der Waals surface area contributed by atoms with Crippen molar-refractivity contribution in [3.05, 3.63) is 33.2 Å². The number of ether oxygens (including phenoxy) is 1. The summed E-state index contributed by atoms with van der Waals surface area (Å²) in [6.07, 6.45) is 1.19. The van der Waals surface area contributed by atoms with Crippen molar-refractivity contribution in [3.63, 3.8) is 0 Å². The SMILES string of the molecule is COC(=O)c1c[nH]c(=O)c(C(N)=O)c1C. The maximum Gasteiger partial charge on any atom is 0.339 e. The summed E-state index contributed by atoms with van der Waals surface area (Å²) >= 11 is 0. The van der Waals surface area contributed by atoms with Crippen molar-refractivity contribution in [3.8, 4) is 0 Å². The first-order chi connectivity index (χ1) is 6.99. The largest absolute Gasteiger partial charge is 0.465 e. The summed E-state index contributed by atoms with van der Waals surface area (Å²) in [7, 11) is 1.21. The molecule has 0 radical (unpaired) electrons. The number of amides is 1. The molecule has 0 aliphatic rings. The number of esters is 1. The van der Waals surface area contributed by atoms with Gasteiger partial charge in [0, 0.05) is 6.20 Å². The van der Waals surface area contributed by atoms with Crippen molar-refractivity contribution in [2.24, 2.45) is 5.73 Å². The molecule has 1 heterocycles. The molecule has 15 heavy (non-hydrogen) atoms. The maximum absolute atomic E-state index is 11.2. The molecule has 80 valence electrons. The van der Waals surface area contributed by atoms with E-state index in [0.717, 1.165) is 0 Å². The molecule has 1 aromatic heterocycles. The number of aromatic amines is 1. The number of nitrogens with two attached hydrogens (primary N) is 1. The van der Waals surface area contributed by atoms with E-state index in [1.165, 1.54) is 20.2 Å². The summed E-state index contributed by atoms with van der Waals surface area (Å²) in [5.74, 6) is -1.51. The molecule has 0 aromatic carbocycles. The van der Waals surface area contributed by atoms with Crippen molar-refractivity contribution in [2.75, 3.05) is 7.11 Å². The van der Waals surface area contributed by atoms with Gasteiger partial charge in [-0.2, -0.15) is 0 Å². The molecule has 3 N–H and O–H groups in total. The Morgan fingerprint density at radius 1 is 1.47 bits per heavy atom. The van der Waals surface area contributed by atoms with Crippen LogP contribution in [0, 0.1) is 6.92 Å². The van der Waals surface area contributed by atoms with E-state index in [2.05, 4.69) is 9.72 Å². The van der Waals surface area contributed by atoms with Crippen LogP contribution in [0.3, 0.4) is 0 Å². The van der Waals surface area contributed by atoms with Gasteiger partial charge in [-0.3, -0.25) is 9.59 Å². The first kappa shape index (κ1) is 11.0. The number of H-pyrrole nitrogens is 1. The number of carbonyl (C=O) groups excluding carboxylic acids is 2. The molecule has 1 amide bonds. The fourth-order valence-electron chi connectivity index (χ4n) is 1.24. The van der Waals surface area contributed by atoms with Gasteiger partial charge in [0.25, 0.3) is 11.5 Å². The van der Waals surface area contributed by atoms with E-state index in [1.807, 2.05) is 0 Å². The third-order valence-electron chi connectivity index (χ3n) is 2.01. The van der Waals surface area contributed by atoms with Gasteiger partial charge >= 0.3 is 5.97 Å². The van der Waals surface area contributed by atoms with Crippen LogP contribution in [0.2, 0.25) is 0 Å². The minimum Gasteiger partial charge on any atom is -0.465 e. The summed E-state index contributed by atoms with van der Waals surface area (Å²) in [5.41, 5.74) is 4.51. The Morgan fingerprint density at radius 3 is 2.53 bits per heavy atom. The molecule has 1 aromatic rings. The predicted molar refractivity (Wildman–Crippen MR) is 51.7 cm³/mol. The molecule has 0 aliphatic heterocycles. The quantitative estimate of drug-likeness (QED) is 0.646. The normalized spacial score (nSPS) is 9.73. The number of rotatable bonds is 2. The zero-order chi connectivity index (χ0) is 11.6. The van der Waals surface area contributed by atoms with E-state index < -0.39 is 17.4 Å². The van der Waals surface area contributed by atoms with Gasteiger partial charge < -0.3 is 15.5 Å². The highest BCUT2D eigenvalue weighted by atomic mass is 16.5. The second kappa shape index (κ2) is 3.95. The van der Waals surface area contributed by atoms with Crippen LogP contribution in [0.15, 0.2) is 11.0 Å². The lowest BCUT2D eigenvalue weighted by molar-refractivity contribution is 0.0599. The highest BCUT2D eigenvalue weighted by Crippen LogP contribution is 2.09. The zero-order valence-electron chi connectivity index (χ0n) is 8.29. The molecule has 0 fully saturated rings. The van der Waals surface area contributed by atoms with Crippen LogP contribution in [0.25, 0.3) is 0 Å². The van der Waals surface area contributed by atoms with Crippen LogP contribution in [0.1, 0.15) is 26.3 Å². The lowest BCUT2D eigenvalue weighted by Crippen LogP contribution is -2.26. The van der Waals surface area contributed by atoms with Gasteiger partial charge in [-0.25, -0.2) is 4.79 Å². The first-order valence-corrected chi connectivity index (χ1v) is 4.09. The van der Waals surface area contributed by atoms with E-state index in [0.29, 0.717) is 0 Å². The number of methoxy groups -OCH3 is 1. The van der Waals surface area contributed by atoms with Crippen LogP contribution in [0.5, 0.6) is 0 Å². The Bertz CT molecular complexity index is 475. The van der Waals surface area contributed by atoms with Gasteiger partial charge in [-0.05, 0) is 12.5 Å². The minimum atomic E-state index is -0.875. The van der Waals surface area contributed by atoms with Crippen molar-refractivity contribution < 1.29 is 14.3 Å². The molecular formula is C9H10N2O4. The Kier molecular flexibility index (Phi) is 2.89. The lowest BCUT2D eigenvalue weighted by atomic mass is 10.1. The van der Waals surface area contributed by atoms with Crippen LogP contribution in [-0.2, 0) is 4.74 Å². The second-order valence-corrected chi connectivity index (χ2v) is 2.89. The van der Waals surface area contributed by atoms with Crippen LogP contribution in [0.4, 0.5) is 0 Å². The third-order valence-corrected chi connectivity index (χ3v) is 2.01. The van der Waals surface area contributed by atoms with Crippen LogP contribution < -0.4 is 11.3 Å². The topological polar surface area (TPSA) is 102 Å². The average Bonchev–Trinajstić information content (AvgIpc) is 2.16. The smallest absolute Gasteiger partial charge is 0.339 e. The molecule has 0 bridgehead atoms. The molecule has 0 aliphatic carbocycles. The molecule has 0 saturated heterocycles. The van der Waals surface area contributed by atoms with Gasteiger partial charge in [-0.15, -0.1) is 0 Å². The van der Waals surface area contributed by atoms with E-state index in [1.54, 1.807) is 0 Å². The summed E-state index contributed by atoms with van der Waals surface area (Å²) in [5, 5.41) is 0. The first-order valence-electron chi connectivity index (χ1n) is 4.09. The number of nitrogens with one attached hydrogen (secondary N) is 1. The standard InChI is InChI=1S/C9H10N2O4/c1-4-5(9(14)15-2)3-11-8(13)6(4)7(10)12/h3H,1-2H3,(H2,10,12)(H,11,13). The fourth-order valence-corrected chi connectivity index (χ4v) is 1.24. The monoisotopic (exact) mass is 210 g/mol. The Hall–Kier alpha value is -2.11. The van der Waals surface area contributed by atoms with Crippen molar-refractivity contribution in [2.45, 2.75) is 6.92 Å². The summed E-state index contributed by atoms with van der Waals surface area (Å²) < 4.78 is 4.48. The second-order valence-electron chi connectivity index (χ2n) is 2.89. The molecule has 0 spiro atoms. The number of hydrogen-bond donors (Lipinski definition) is 2. The van der Waals surface area contributed by atoms with Crippen molar-refractivity contribution in [1.29, 1.82) is 0 Å². The highest BCUT2D eigenvalue weighted by molar-refractivity contribution is 5.98. The maximum atomic E-state index is 11.2. The Labute approximate surface area is 85.0 Å². The molecular weight excluding hydrogens is 200 g/mol. The van der Waals surface area contributed by atoms with E-state index >= 15 is 0 Å². The minimum absolute atomic E-state index is 0.117. The molecule has 0 unspecified atom stereocenters. The van der Waals surface area contributed by atoms with Crippen molar-refractivity contribution >= 4 is 11.9 Å². The van der Waals surface area contributed by atoms with Crippen molar-refractivity contribution in [1.82, 2.24) is 4.98 Å². The zero-order valence-corrected chi connectivity index (χ0v) is 8.29. The summed E-state index contributed by atoms with van der Waals surface area (Å²) in [6.45, 7) is 1.46. The van der Waals surface area contributed by atoms with Gasteiger partial charge in [0.2, 0.25) is 0 Å². The Balaban J connectivity index is 3.48. The van der Waals surface area contributed by atoms with E-state index in [9.17, 15) is 14.4 Å². The van der Waals surface area contributed by atoms with Gasteiger partial charge in [-0.1, -0.05) is 0 Å². The van der Waals surface area contributed by atoms with Crippen LogP contribution in [-0.4, -0.2) is 24.0 Å². The fraction of sp³-hybridized carbons (Fsp3) is 0.222. The number of carbonyl (C=O) groups is 2. The lowest BCUT2D eigenvalue weighted by Gasteiger charge is -2.05. The molecule has 1 rings (SSSR count). The Morgan fingerprint density at radius 2 is 2.07 bits per heavy atom. The third kappa shape index (κ3) is 1.88. The molecule has 6 heteroatoms. The number of pyridine rings is 1. The van der Waals surface area contributed by atoms with Gasteiger partial charge in [0.15, 0.2) is 0 Å². The number of primary amides is 1. The number of aromatic nitrogens is 1. The molecule has 0 saturated carbocycles. The van der Waals surface area contributed by atoms with Gasteiger partial charge in [0.05, 0.1) is 12.7 Å². The van der Waals surface area contributed by atoms with Crippen LogP contribution >= 0.6 is 0 Å². The molecule has 0 atom stereocenters. The molecule has 6 nitrogen and oxygen atoms in total. The highest BCUT2D eigenvalue weighted by Gasteiger charge is 2.18. The summed E-state index contributed by atoms with van der Waals surface area (Å²) in [6, 6.07) is 0. The van der Waals surface area contributed by atoms with Gasteiger partial charge in [0.1, 0.15) is 5.56 Å². The van der Waals surface area contributed by atoms with E-state index in [-0.39, 0.29) is 16.7 Å². The number of hydrogen-bond acceptors (Lipinski definition) is 4. The average molecular weight is 210 g/mol. The van der Waals surface area contributed by atoms with E-state index in [4.69, 9.17) is 5.73 Å². The summed E-state index contributed by atoms with van der Waals surface area (Å²) in [4.78, 5) is 35.7. The predicted octanol–water partition coefficient (Wildman–Crippen LogP) is -0.431.